The molecule has 0 spiro atoms. The lowest BCUT2D eigenvalue weighted by Gasteiger charge is -2.21. The number of allylic oxidation sites excluding steroid dienone is 1. The van der Waals surface area contributed by atoms with Crippen LogP contribution in [0.2, 0.25) is 0 Å². The molecule has 0 radical (unpaired) electrons. The van der Waals surface area contributed by atoms with Crippen molar-refractivity contribution in [3.8, 4) is 0 Å². The van der Waals surface area contributed by atoms with E-state index in [2.05, 4.69) is 19.2 Å². The molecule has 0 rings (SSSR count). The number of rotatable bonds is 47. The number of hydrogen-bond donors (Lipinski definition) is 4. The second kappa shape index (κ2) is 46.8. The Balaban J connectivity index is 3.53. The molecule has 0 aliphatic rings. The van der Waals surface area contributed by atoms with Crippen LogP contribution in [0.4, 0.5) is 0 Å². The predicted octanol–water partition coefficient (Wildman–Crippen LogP) is 15.2. The number of aliphatic hydroxyl groups excluding tert-OH is 3. The molecule has 0 heterocycles. The van der Waals surface area contributed by atoms with Crippen molar-refractivity contribution in [3.05, 3.63) is 12.2 Å². The maximum Gasteiger partial charge on any atom is 0.222 e. The first-order valence-corrected chi connectivity index (χ1v) is 25.5. The van der Waals surface area contributed by atoms with Crippen molar-refractivity contribution in [2.45, 2.75) is 302 Å². The monoisotopic (exact) mass is 792 g/mol. The van der Waals surface area contributed by atoms with Crippen LogP contribution >= 0.6 is 0 Å². The van der Waals surface area contributed by atoms with E-state index in [4.69, 9.17) is 0 Å². The third-order valence-corrected chi connectivity index (χ3v) is 12.1. The van der Waals surface area contributed by atoms with Gasteiger partial charge in [-0.1, -0.05) is 270 Å². The lowest BCUT2D eigenvalue weighted by molar-refractivity contribution is -0.124. The molecule has 3 unspecified atom stereocenters. The zero-order chi connectivity index (χ0) is 40.8. The summed E-state index contributed by atoms with van der Waals surface area (Å²) in [5, 5.41) is 33.3. The fourth-order valence-electron chi connectivity index (χ4n) is 8.17. The minimum atomic E-state index is -0.924. The zero-order valence-electron chi connectivity index (χ0n) is 38.0. The summed E-state index contributed by atoms with van der Waals surface area (Å²) < 4.78 is 0. The topological polar surface area (TPSA) is 89.8 Å². The molecule has 1 amide bonds. The van der Waals surface area contributed by atoms with Gasteiger partial charge in [-0.25, -0.2) is 0 Å². The van der Waals surface area contributed by atoms with E-state index in [0.717, 1.165) is 25.7 Å². The van der Waals surface area contributed by atoms with Gasteiger partial charge in [0.1, 0.15) is 0 Å². The van der Waals surface area contributed by atoms with Crippen molar-refractivity contribution >= 4 is 5.91 Å². The van der Waals surface area contributed by atoms with Crippen LogP contribution in [-0.2, 0) is 4.79 Å². The Hall–Kier alpha value is -0.910. The molecular weight excluding hydrogens is 691 g/mol. The molecule has 0 aliphatic carbocycles. The molecule has 56 heavy (non-hydrogen) atoms. The quantitative estimate of drug-likeness (QED) is 0.0365. The summed E-state index contributed by atoms with van der Waals surface area (Å²) in [6.45, 7) is 4.24. The fraction of sp³-hybridized carbons (Fsp3) is 0.941. The lowest BCUT2D eigenvalue weighted by Crippen LogP contribution is -2.45. The molecule has 3 atom stereocenters. The normalized spacial score (nSPS) is 13.4. The smallest absolute Gasteiger partial charge is 0.222 e. The van der Waals surface area contributed by atoms with Gasteiger partial charge in [0.05, 0.1) is 31.3 Å². The van der Waals surface area contributed by atoms with Gasteiger partial charge in [0.15, 0.2) is 0 Å². The van der Waals surface area contributed by atoms with E-state index in [9.17, 15) is 20.1 Å². The highest BCUT2D eigenvalue weighted by molar-refractivity contribution is 5.76. The van der Waals surface area contributed by atoms with E-state index in [1.165, 1.54) is 231 Å². The molecular formula is C51H101NO4. The van der Waals surface area contributed by atoms with Gasteiger partial charge in [-0.05, 0) is 19.3 Å². The summed E-state index contributed by atoms with van der Waals surface area (Å²) in [6.07, 6.45) is 56.7. The van der Waals surface area contributed by atoms with Crippen molar-refractivity contribution in [2.75, 3.05) is 6.61 Å². The minimum absolute atomic E-state index is 0.0192. The van der Waals surface area contributed by atoms with Gasteiger partial charge in [-0.15, -0.1) is 0 Å². The molecule has 0 aliphatic heterocycles. The van der Waals surface area contributed by atoms with Crippen LogP contribution in [-0.4, -0.2) is 46.1 Å². The highest BCUT2D eigenvalue weighted by atomic mass is 16.3. The maximum atomic E-state index is 12.5. The summed E-state index contributed by atoms with van der Waals surface area (Å²) in [4.78, 5) is 12.5. The third-order valence-electron chi connectivity index (χ3n) is 12.1. The first-order valence-electron chi connectivity index (χ1n) is 25.5. The largest absolute Gasteiger partial charge is 0.394 e. The SMILES string of the molecule is CCCCCCCCCCCCCCC/C=C/C(O)C(CO)NC(=O)CC(O)CCCCCCCCCCCCCCCCCCCCCCCCCCCC. The molecule has 334 valence electrons. The van der Waals surface area contributed by atoms with Gasteiger partial charge in [0.2, 0.25) is 5.91 Å². The van der Waals surface area contributed by atoms with Crippen LogP contribution in [0.25, 0.3) is 0 Å². The summed E-state index contributed by atoms with van der Waals surface area (Å²) >= 11 is 0. The van der Waals surface area contributed by atoms with Crippen molar-refractivity contribution in [1.29, 1.82) is 0 Å². The Morgan fingerprint density at radius 2 is 0.732 bits per heavy atom. The number of carbonyl (C=O) groups excluding carboxylic acids is 1. The summed E-state index contributed by atoms with van der Waals surface area (Å²) in [5.41, 5.74) is 0. The van der Waals surface area contributed by atoms with Crippen molar-refractivity contribution in [3.63, 3.8) is 0 Å². The van der Waals surface area contributed by atoms with Gasteiger partial charge in [-0.2, -0.15) is 0 Å². The van der Waals surface area contributed by atoms with Crippen LogP contribution in [0.3, 0.4) is 0 Å². The zero-order valence-corrected chi connectivity index (χ0v) is 38.0. The Morgan fingerprint density at radius 3 is 1.04 bits per heavy atom. The Bertz CT molecular complexity index is 788. The van der Waals surface area contributed by atoms with E-state index < -0.39 is 18.2 Å². The van der Waals surface area contributed by atoms with Crippen LogP contribution in [0.1, 0.15) is 284 Å². The van der Waals surface area contributed by atoms with Gasteiger partial charge in [0, 0.05) is 0 Å². The van der Waals surface area contributed by atoms with E-state index >= 15 is 0 Å². The highest BCUT2D eigenvalue weighted by Crippen LogP contribution is 2.17. The Labute approximate surface area is 350 Å². The second-order valence-electron chi connectivity index (χ2n) is 17.8. The van der Waals surface area contributed by atoms with Crippen molar-refractivity contribution < 1.29 is 20.1 Å². The number of nitrogens with one attached hydrogen (secondary N) is 1. The molecule has 0 saturated carbocycles. The Morgan fingerprint density at radius 1 is 0.446 bits per heavy atom. The summed E-state index contributed by atoms with van der Waals surface area (Å²) in [7, 11) is 0. The predicted molar refractivity (Wildman–Crippen MR) is 245 cm³/mol. The number of unbranched alkanes of at least 4 members (excludes halogenated alkanes) is 38. The van der Waals surface area contributed by atoms with Crippen LogP contribution in [0.15, 0.2) is 12.2 Å². The minimum Gasteiger partial charge on any atom is -0.394 e. The van der Waals surface area contributed by atoms with Crippen molar-refractivity contribution in [2.24, 2.45) is 0 Å². The van der Waals surface area contributed by atoms with Crippen LogP contribution in [0.5, 0.6) is 0 Å². The van der Waals surface area contributed by atoms with Gasteiger partial charge in [0.25, 0.3) is 0 Å². The van der Waals surface area contributed by atoms with Crippen LogP contribution < -0.4 is 5.32 Å². The molecule has 0 aromatic heterocycles. The third kappa shape index (κ3) is 42.7. The number of aliphatic hydroxyl groups is 3. The molecule has 0 aromatic carbocycles. The fourth-order valence-corrected chi connectivity index (χ4v) is 8.17. The molecule has 0 saturated heterocycles. The van der Waals surface area contributed by atoms with Crippen LogP contribution in [0, 0.1) is 0 Å². The van der Waals surface area contributed by atoms with E-state index in [-0.39, 0.29) is 18.9 Å². The molecule has 5 heteroatoms. The lowest BCUT2D eigenvalue weighted by atomic mass is 10.0. The van der Waals surface area contributed by atoms with E-state index in [0.29, 0.717) is 6.42 Å². The molecule has 0 bridgehead atoms. The molecule has 4 N–H and O–H groups in total. The Kier molecular flexibility index (Phi) is 46.0. The number of amides is 1. The molecule has 0 fully saturated rings. The maximum absolute atomic E-state index is 12.5. The van der Waals surface area contributed by atoms with Crippen molar-refractivity contribution in [1.82, 2.24) is 5.32 Å². The van der Waals surface area contributed by atoms with E-state index in [1.807, 2.05) is 6.08 Å². The number of carbonyl (C=O) groups is 1. The molecule has 5 nitrogen and oxygen atoms in total. The van der Waals surface area contributed by atoms with Gasteiger partial charge < -0.3 is 20.6 Å². The molecule has 0 aromatic rings. The van der Waals surface area contributed by atoms with Gasteiger partial charge in [-0.3, -0.25) is 4.79 Å². The van der Waals surface area contributed by atoms with Gasteiger partial charge >= 0.3 is 0 Å². The summed E-state index contributed by atoms with van der Waals surface area (Å²) in [6, 6.07) is -0.739. The summed E-state index contributed by atoms with van der Waals surface area (Å²) in [5.74, 6) is -0.310. The highest BCUT2D eigenvalue weighted by Gasteiger charge is 2.20. The standard InChI is InChI=1S/C51H101NO4/c1-3-5-7-9-11-13-15-17-19-20-21-22-23-24-25-26-27-28-29-31-32-34-36-38-40-42-44-48(54)46-51(56)52-49(47-53)50(55)45-43-41-39-37-35-33-30-18-16-14-12-10-8-6-4-2/h43,45,48-50,53-55H,3-42,44,46-47H2,1-2H3,(H,52,56)/b45-43+. The first-order chi connectivity index (χ1) is 27.5. The number of hydrogen-bond acceptors (Lipinski definition) is 4. The second-order valence-corrected chi connectivity index (χ2v) is 17.8. The van der Waals surface area contributed by atoms with E-state index in [1.54, 1.807) is 6.08 Å². The average molecular weight is 792 g/mol. The average Bonchev–Trinajstić information content (AvgIpc) is 3.19. The first kappa shape index (κ1) is 55.1.